The van der Waals surface area contributed by atoms with Crippen molar-refractivity contribution in [2.45, 2.75) is 11.2 Å². The normalized spacial score (nSPS) is 37.8. The molecule has 1 spiro atoms. The molecule has 1 saturated heterocycles. The molecule has 1 N–H and O–H groups in total. The smallest absolute Gasteiger partial charge is 0.307 e. The molecule has 3 rings (SSSR count). The first-order valence-corrected chi connectivity index (χ1v) is 6.50. The van der Waals surface area contributed by atoms with Crippen molar-refractivity contribution in [3.05, 3.63) is 24.3 Å². The van der Waals surface area contributed by atoms with Gasteiger partial charge in [-0.3, -0.25) is 9.79 Å². The van der Waals surface area contributed by atoms with Gasteiger partial charge in [-0.2, -0.15) is 0 Å². The second-order valence-electron chi connectivity index (χ2n) is 4.43. The zero-order chi connectivity index (χ0) is 11.2. The number of carbonyl (C=O) groups is 1. The number of hydrogen-bond donors (Lipinski definition) is 1. The molecule has 0 aromatic carbocycles. The maximum atomic E-state index is 11.2. The van der Waals surface area contributed by atoms with E-state index in [1.807, 2.05) is 18.2 Å². The Labute approximate surface area is 110 Å². The van der Waals surface area contributed by atoms with Gasteiger partial charge in [0.2, 0.25) is 0 Å². The molecule has 0 amide bonds. The van der Waals surface area contributed by atoms with Crippen molar-refractivity contribution in [3.63, 3.8) is 0 Å². The van der Waals surface area contributed by atoms with E-state index in [1.165, 1.54) is 0 Å². The molecule has 5 heteroatoms. The van der Waals surface area contributed by atoms with Gasteiger partial charge in [-0.25, -0.2) is 0 Å². The summed E-state index contributed by atoms with van der Waals surface area (Å²) in [6, 6.07) is 0. The number of halogens is 1. The van der Waals surface area contributed by atoms with Crippen LogP contribution in [-0.2, 0) is 4.79 Å². The minimum atomic E-state index is -0.654. The van der Waals surface area contributed by atoms with Crippen LogP contribution in [0.4, 0.5) is 0 Å². The summed E-state index contributed by atoms with van der Waals surface area (Å²) in [6.07, 6.45) is 9.08. The quantitative estimate of drug-likeness (QED) is 0.795. The van der Waals surface area contributed by atoms with Gasteiger partial charge in [-0.05, 0) is 18.4 Å². The summed E-state index contributed by atoms with van der Waals surface area (Å²) in [5.74, 6) is 0.0472. The lowest BCUT2D eigenvalue weighted by Crippen LogP contribution is -2.44. The zero-order valence-electron chi connectivity index (χ0n) is 9.20. The average molecular weight is 272 g/mol. The van der Waals surface area contributed by atoms with Gasteiger partial charge in [-0.15, -0.1) is 24.2 Å². The minimum absolute atomic E-state index is 0. The number of allylic oxidation sites excluding steroid dienone is 3. The highest BCUT2D eigenvalue weighted by Gasteiger charge is 2.54. The molecule has 3 atom stereocenters. The van der Waals surface area contributed by atoms with Crippen LogP contribution in [-0.4, -0.2) is 33.8 Å². The van der Waals surface area contributed by atoms with Crippen LogP contribution in [0.1, 0.15) is 6.42 Å². The van der Waals surface area contributed by atoms with E-state index in [9.17, 15) is 9.90 Å². The van der Waals surface area contributed by atoms with Crippen LogP contribution in [0.2, 0.25) is 0 Å². The van der Waals surface area contributed by atoms with Crippen molar-refractivity contribution in [3.8, 4) is 0 Å². The Morgan fingerprint density at radius 2 is 2.35 bits per heavy atom. The lowest BCUT2D eigenvalue weighted by molar-refractivity contribution is -0.142. The van der Waals surface area contributed by atoms with Crippen molar-refractivity contribution in [1.29, 1.82) is 0 Å². The Balaban J connectivity index is 0.00000108. The Kier molecular flexibility index (Phi) is 3.36. The lowest BCUT2D eigenvalue weighted by atomic mass is 9.74. The van der Waals surface area contributed by atoms with Gasteiger partial charge in [0, 0.05) is 12.3 Å². The van der Waals surface area contributed by atoms with E-state index in [-0.39, 0.29) is 29.0 Å². The molecule has 3 nitrogen and oxygen atoms in total. The van der Waals surface area contributed by atoms with Crippen molar-refractivity contribution >= 4 is 35.8 Å². The summed E-state index contributed by atoms with van der Waals surface area (Å²) in [5, 5.41) is 9.24. The van der Waals surface area contributed by atoms with Crippen molar-refractivity contribution in [2.24, 2.45) is 16.8 Å². The van der Waals surface area contributed by atoms with E-state index in [2.05, 4.69) is 11.1 Å². The summed E-state index contributed by atoms with van der Waals surface area (Å²) in [6.45, 7) is 0.768. The Hall–Kier alpha value is -0.740. The van der Waals surface area contributed by atoms with E-state index in [0.717, 1.165) is 18.7 Å². The highest BCUT2D eigenvalue weighted by Crippen LogP contribution is 2.52. The van der Waals surface area contributed by atoms with Gasteiger partial charge in [0.05, 0.1) is 16.4 Å². The van der Waals surface area contributed by atoms with E-state index >= 15 is 0 Å². The number of hydrogen-bond acceptors (Lipinski definition) is 3. The van der Waals surface area contributed by atoms with E-state index in [4.69, 9.17) is 0 Å². The molecule has 1 aliphatic carbocycles. The highest BCUT2D eigenvalue weighted by molar-refractivity contribution is 8.02. The Morgan fingerprint density at radius 1 is 1.53 bits per heavy atom. The summed E-state index contributed by atoms with van der Waals surface area (Å²) in [4.78, 5) is 15.8. The first kappa shape index (κ1) is 12.7. The van der Waals surface area contributed by atoms with Gasteiger partial charge < -0.3 is 5.11 Å². The standard InChI is InChI=1S/C12H13NO2S.ClH/c14-11(15)8-7-16-12-5-2-1-3-10(12)13-6-4-9(8)12;/h1-3,5,8-9H,4,6-7H2,(H,14,15);1H/t8-,9?,12?;/m1./s1. The van der Waals surface area contributed by atoms with Crippen LogP contribution >= 0.6 is 24.2 Å². The first-order valence-electron chi connectivity index (χ1n) is 5.51. The van der Waals surface area contributed by atoms with E-state index in [0.29, 0.717) is 5.75 Å². The molecular weight excluding hydrogens is 258 g/mol. The van der Waals surface area contributed by atoms with Gasteiger partial charge in [0.25, 0.3) is 0 Å². The zero-order valence-corrected chi connectivity index (χ0v) is 10.8. The third-order valence-electron chi connectivity index (χ3n) is 3.69. The Bertz CT molecular complexity index is 432. The van der Waals surface area contributed by atoms with E-state index in [1.54, 1.807) is 11.8 Å². The fraction of sp³-hybridized carbons (Fsp3) is 0.500. The molecule has 0 saturated carbocycles. The monoisotopic (exact) mass is 271 g/mol. The molecule has 0 aromatic rings. The third-order valence-corrected chi connectivity index (χ3v) is 5.34. The number of nitrogens with zero attached hydrogens (tertiary/aromatic N) is 1. The highest BCUT2D eigenvalue weighted by atomic mass is 35.5. The second kappa shape index (κ2) is 4.50. The maximum Gasteiger partial charge on any atom is 0.307 e. The molecule has 1 fully saturated rings. The van der Waals surface area contributed by atoms with Gasteiger partial charge in [-0.1, -0.05) is 18.2 Å². The van der Waals surface area contributed by atoms with Crippen LogP contribution in [0.25, 0.3) is 0 Å². The lowest BCUT2D eigenvalue weighted by Gasteiger charge is -2.37. The Morgan fingerprint density at radius 3 is 3.12 bits per heavy atom. The molecule has 0 bridgehead atoms. The fourth-order valence-electron chi connectivity index (χ4n) is 2.91. The molecule has 2 unspecified atom stereocenters. The summed E-state index contributed by atoms with van der Waals surface area (Å²) in [5.41, 5.74) is 1.07. The molecule has 17 heavy (non-hydrogen) atoms. The molecule has 0 aromatic heterocycles. The number of rotatable bonds is 1. The summed E-state index contributed by atoms with van der Waals surface area (Å²) < 4.78 is -0.143. The molecule has 0 radical (unpaired) electrons. The maximum absolute atomic E-state index is 11.2. The number of thioether (sulfide) groups is 1. The van der Waals surface area contributed by atoms with Crippen LogP contribution in [0, 0.1) is 11.8 Å². The van der Waals surface area contributed by atoms with Crippen LogP contribution in [0.3, 0.4) is 0 Å². The fourth-order valence-corrected chi connectivity index (χ4v) is 4.69. The van der Waals surface area contributed by atoms with Crippen LogP contribution in [0.5, 0.6) is 0 Å². The summed E-state index contributed by atoms with van der Waals surface area (Å²) >= 11 is 1.74. The third kappa shape index (κ3) is 1.74. The number of carboxylic acid groups (broad SMARTS) is 1. The average Bonchev–Trinajstić information content (AvgIpc) is 2.66. The van der Waals surface area contributed by atoms with Crippen molar-refractivity contribution in [2.75, 3.05) is 12.3 Å². The minimum Gasteiger partial charge on any atom is -0.481 e. The molecule has 92 valence electrons. The molecular formula is C12H14ClNO2S. The van der Waals surface area contributed by atoms with E-state index < -0.39 is 5.97 Å². The van der Waals surface area contributed by atoms with Gasteiger partial charge in [0.1, 0.15) is 0 Å². The van der Waals surface area contributed by atoms with Crippen molar-refractivity contribution in [1.82, 2.24) is 0 Å². The molecule has 3 aliphatic rings. The number of aliphatic imine (C=N–C) groups is 1. The number of carboxylic acids is 1. The molecule has 2 aliphatic heterocycles. The van der Waals surface area contributed by atoms with Crippen molar-refractivity contribution < 1.29 is 9.90 Å². The first-order chi connectivity index (χ1) is 7.74. The predicted octanol–water partition coefficient (Wildman–Crippen LogP) is 2.18. The van der Waals surface area contributed by atoms with Gasteiger partial charge in [0.15, 0.2) is 0 Å². The van der Waals surface area contributed by atoms with Crippen LogP contribution < -0.4 is 0 Å². The second-order valence-corrected chi connectivity index (χ2v) is 5.73. The SMILES string of the molecule is Cl.O=C(O)[C@@H]1CSC23C=CC=CC2=NCCC13. The topological polar surface area (TPSA) is 49.7 Å². The summed E-state index contributed by atoms with van der Waals surface area (Å²) in [7, 11) is 0. The molecule has 2 heterocycles. The predicted molar refractivity (Wildman–Crippen MR) is 72.3 cm³/mol. The number of aliphatic carboxylic acids is 1. The van der Waals surface area contributed by atoms with Crippen LogP contribution in [0.15, 0.2) is 29.3 Å². The van der Waals surface area contributed by atoms with Gasteiger partial charge >= 0.3 is 5.97 Å². The largest absolute Gasteiger partial charge is 0.481 e.